The molecule has 0 aromatic heterocycles. The molecule has 0 atom stereocenters. The standard InChI is InChI=1S/C13H20FNO3S/c1-3-5-6-9-15-19(16,17)11-7-8-13(18-4-2)12(14)10-11/h7-8,10,15H,3-6,9H2,1-2H3. The van der Waals surface area contributed by atoms with Crippen LogP contribution in [-0.4, -0.2) is 21.6 Å². The third kappa shape index (κ3) is 4.80. The average molecular weight is 289 g/mol. The van der Waals surface area contributed by atoms with Gasteiger partial charge in [0.2, 0.25) is 10.0 Å². The van der Waals surface area contributed by atoms with Crippen LogP contribution in [-0.2, 0) is 10.0 Å². The second-order valence-electron chi connectivity index (χ2n) is 4.13. The van der Waals surface area contributed by atoms with Gasteiger partial charge in [0.05, 0.1) is 11.5 Å². The molecule has 19 heavy (non-hydrogen) atoms. The third-order valence-corrected chi connectivity index (χ3v) is 4.04. The highest BCUT2D eigenvalue weighted by atomic mass is 32.2. The first kappa shape index (κ1) is 15.9. The first-order valence-electron chi connectivity index (χ1n) is 6.43. The quantitative estimate of drug-likeness (QED) is 0.749. The van der Waals surface area contributed by atoms with E-state index in [1.807, 2.05) is 6.92 Å². The zero-order valence-corrected chi connectivity index (χ0v) is 12.1. The van der Waals surface area contributed by atoms with Crippen molar-refractivity contribution in [2.75, 3.05) is 13.2 Å². The summed E-state index contributed by atoms with van der Waals surface area (Å²) < 4.78 is 44.9. The van der Waals surface area contributed by atoms with Gasteiger partial charge in [-0.25, -0.2) is 17.5 Å². The normalized spacial score (nSPS) is 11.5. The number of sulfonamides is 1. The Morgan fingerprint density at radius 1 is 1.26 bits per heavy atom. The minimum Gasteiger partial charge on any atom is -0.491 e. The molecule has 1 aromatic carbocycles. The van der Waals surface area contributed by atoms with Gasteiger partial charge in [-0.1, -0.05) is 19.8 Å². The summed E-state index contributed by atoms with van der Waals surface area (Å²) in [6.45, 7) is 4.47. The second kappa shape index (κ2) is 7.45. The van der Waals surface area contributed by atoms with Crippen LogP contribution in [0.3, 0.4) is 0 Å². The largest absolute Gasteiger partial charge is 0.491 e. The first-order chi connectivity index (χ1) is 9.01. The average Bonchev–Trinajstić information content (AvgIpc) is 2.37. The van der Waals surface area contributed by atoms with Crippen LogP contribution in [0.4, 0.5) is 4.39 Å². The molecule has 0 spiro atoms. The van der Waals surface area contributed by atoms with Gasteiger partial charge in [0.15, 0.2) is 11.6 Å². The van der Waals surface area contributed by atoms with E-state index < -0.39 is 15.8 Å². The molecule has 0 amide bonds. The molecule has 0 aliphatic heterocycles. The molecule has 0 radical (unpaired) electrons. The fourth-order valence-corrected chi connectivity index (χ4v) is 2.67. The topological polar surface area (TPSA) is 55.4 Å². The number of hydrogen-bond donors (Lipinski definition) is 1. The van der Waals surface area contributed by atoms with Crippen LogP contribution in [0.25, 0.3) is 0 Å². The zero-order chi connectivity index (χ0) is 14.3. The molecule has 108 valence electrons. The molecule has 1 N–H and O–H groups in total. The number of halogens is 1. The van der Waals surface area contributed by atoms with Crippen LogP contribution in [0.1, 0.15) is 33.1 Å². The van der Waals surface area contributed by atoms with Crippen LogP contribution >= 0.6 is 0 Å². The van der Waals surface area contributed by atoms with Crippen molar-refractivity contribution < 1.29 is 17.5 Å². The van der Waals surface area contributed by atoms with Gasteiger partial charge in [0, 0.05) is 6.54 Å². The summed E-state index contributed by atoms with van der Waals surface area (Å²) in [5.41, 5.74) is 0. The molecule has 1 aromatic rings. The lowest BCUT2D eigenvalue weighted by Crippen LogP contribution is -2.24. The van der Waals surface area contributed by atoms with Crippen molar-refractivity contribution >= 4 is 10.0 Å². The van der Waals surface area contributed by atoms with Crippen LogP contribution in [0.5, 0.6) is 5.75 Å². The molecule has 0 unspecified atom stereocenters. The maximum atomic E-state index is 13.6. The van der Waals surface area contributed by atoms with Gasteiger partial charge in [-0.3, -0.25) is 0 Å². The van der Waals surface area contributed by atoms with Gasteiger partial charge in [0.25, 0.3) is 0 Å². The number of nitrogens with one attached hydrogen (secondary N) is 1. The summed E-state index contributed by atoms with van der Waals surface area (Å²) in [7, 11) is -3.64. The van der Waals surface area contributed by atoms with Crippen LogP contribution in [0, 0.1) is 5.82 Å². The Morgan fingerprint density at radius 2 is 2.00 bits per heavy atom. The lowest BCUT2D eigenvalue weighted by molar-refractivity contribution is 0.321. The monoisotopic (exact) mass is 289 g/mol. The first-order valence-corrected chi connectivity index (χ1v) is 7.91. The predicted molar refractivity (Wildman–Crippen MR) is 72.3 cm³/mol. The van der Waals surface area contributed by atoms with E-state index in [9.17, 15) is 12.8 Å². The maximum Gasteiger partial charge on any atom is 0.240 e. The molecule has 0 fully saturated rings. The predicted octanol–water partition coefficient (Wildman–Crippen LogP) is 2.69. The van der Waals surface area contributed by atoms with Crippen LogP contribution in [0.15, 0.2) is 23.1 Å². The summed E-state index contributed by atoms with van der Waals surface area (Å²) in [4.78, 5) is -0.0787. The lowest BCUT2D eigenvalue weighted by atomic mass is 10.3. The van der Waals surface area contributed by atoms with Gasteiger partial charge < -0.3 is 4.74 Å². The Hall–Kier alpha value is -1.14. The van der Waals surface area contributed by atoms with Crippen molar-refractivity contribution in [2.24, 2.45) is 0 Å². The third-order valence-electron chi connectivity index (χ3n) is 2.59. The molecule has 0 aliphatic carbocycles. The molecular weight excluding hydrogens is 269 g/mol. The minimum atomic E-state index is -3.64. The minimum absolute atomic E-state index is 0.0624. The summed E-state index contributed by atoms with van der Waals surface area (Å²) in [6.07, 6.45) is 2.74. The van der Waals surface area contributed by atoms with Gasteiger partial charge in [-0.05, 0) is 31.5 Å². The lowest BCUT2D eigenvalue weighted by Gasteiger charge is -2.09. The zero-order valence-electron chi connectivity index (χ0n) is 11.3. The second-order valence-corrected chi connectivity index (χ2v) is 5.90. The van der Waals surface area contributed by atoms with E-state index in [0.29, 0.717) is 13.2 Å². The molecular formula is C13H20FNO3S. The Morgan fingerprint density at radius 3 is 2.58 bits per heavy atom. The van der Waals surface area contributed by atoms with Gasteiger partial charge in [0.1, 0.15) is 0 Å². The van der Waals surface area contributed by atoms with E-state index in [0.717, 1.165) is 25.3 Å². The smallest absolute Gasteiger partial charge is 0.240 e. The van der Waals surface area contributed by atoms with E-state index in [2.05, 4.69) is 4.72 Å². The van der Waals surface area contributed by atoms with Gasteiger partial charge in [-0.15, -0.1) is 0 Å². The fraction of sp³-hybridized carbons (Fsp3) is 0.538. The summed E-state index contributed by atoms with van der Waals surface area (Å²) in [5.74, 6) is -0.606. The summed E-state index contributed by atoms with van der Waals surface area (Å²) in [6, 6.07) is 3.66. The van der Waals surface area contributed by atoms with Crippen molar-refractivity contribution in [1.82, 2.24) is 4.72 Å². The SMILES string of the molecule is CCCCCNS(=O)(=O)c1ccc(OCC)c(F)c1. The fourth-order valence-electron chi connectivity index (χ4n) is 1.59. The van der Waals surface area contributed by atoms with E-state index in [-0.39, 0.29) is 10.6 Å². The van der Waals surface area contributed by atoms with E-state index in [1.54, 1.807) is 6.92 Å². The van der Waals surface area contributed by atoms with E-state index in [1.165, 1.54) is 12.1 Å². The highest BCUT2D eigenvalue weighted by Crippen LogP contribution is 2.20. The van der Waals surface area contributed by atoms with Crippen molar-refractivity contribution in [3.8, 4) is 5.75 Å². The van der Waals surface area contributed by atoms with Crippen LogP contribution in [0.2, 0.25) is 0 Å². The number of benzene rings is 1. The summed E-state index contributed by atoms with van der Waals surface area (Å²) >= 11 is 0. The van der Waals surface area contributed by atoms with Crippen LogP contribution < -0.4 is 9.46 Å². The molecule has 0 aliphatic rings. The van der Waals surface area contributed by atoms with E-state index >= 15 is 0 Å². The Kier molecular flexibility index (Phi) is 6.24. The number of unbranched alkanes of at least 4 members (excludes halogenated alkanes) is 2. The highest BCUT2D eigenvalue weighted by molar-refractivity contribution is 7.89. The summed E-state index contributed by atoms with van der Waals surface area (Å²) in [5, 5.41) is 0. The maximum absolute atomic E-state index is 13.6. The Bertz CT molecular complexity index is 503. The molecule has 6 heteroatoms. The molecule has 4 nitrogen and oxygen atoms in total. The number of rotatable bonds is 8. The highest BCUT2D eigenvalue weighted by Gasteiger charge is 2.16. The molecule has 0 bridgehead atoms. The van der Waals surface area contributed by atoms with E-state index in [4.69, 9.17) is 4.74 Å². The molecule has 0 saturated carbocycles. The molecule has 1 rings (SSSR count). The Balaban J connectivity index is 2.75. The molecule has 0 saturated heterocycles. The Labute approximate surface area is 114 Å². The van der Waals surface area contributed by atoms with Crippen molar-refractivity contribution in [3.63, 3.8) is 0 Å². The number of hydrogen-bond acceptors (Lipinski definition) is 3. The van der Waals surface area contributed by atoms with Gasteiger partial charge >= 0.3 is 0 Å². The van der Waals surface area contributed by atoms with Crippen molar-refractivity contribution in [1.29, 1.82) is 0 Å². The van der Waals surface area contributed by atoms with Crippen molar-refractivity contribution in [2.45, 2.75) is 38.0 Å². The molecule has 0 heterocycles. The van der Waals surface area contributed by atoms with Crippen molar-refractivity contribution in [3.05, 3.63) is 24.0 Å². The number of ether oxygens (including phenoxy) is 1. The van der Waals surface area contributed by atoms with Gasteiger partial charge in [-0.2, -0.15) is 0 Å².